The van der Waals surface area contributed by atoms with Gasteiger partial charge in [0.1, 0.15) is 0 Å². The molecule has 6 heteroatoms. The van der Waals surface area contributed by atoms with Crippen LogP contribution in [0.4, 0.5) is 10.5 Å². The standard InChI is InChI=1S/C19H22N2O3S/c1-15-8-5-6-12-18(15)20-19(22)21-13-7-9-16(21)14-25(23,24)17-10-3-2-4-11-17/h2-6,8,10-12,16H,7,9,13-14H2,1H3,(H,20,22). The first kappa shape index (κ1) is 17.5. The summed E-state index contributed by atoms with van der Waals surface area (Å²) in [7, 11) is -3.41. The molecule has 5 nitrogen and oxygen atoms in total. The Morgan fingerprint density at radius 3 is 2.52 bits per heavy atom. The highest BCUT2D eigenvalue weighted by molar-refractivity contribution is 7.91. The highest BCUT2D eigenvalue weighted by atomic mass is 32.2. The largest absolute Gasteiger partial charge is 0.322 e. The van der Waals surface area contributed by atoms with Crippen molar-refractivity contribution >= 4 is 21.6 Å². The fourth-order valence-electron chi connectivity index (χ4n) is 3.15. The molecule has 3 rings (SSSR count). The Kier molecular flexibility index (Phi) is 5.08. The van der Waals surface area contributed by atoms with Crippen LogP contribution in [0.2, 0.25) is 0 Å². The summed E-state index contributed by atoms with van der Waals surface area (Å²) in [4.78, 5) is 14.6. The van der Waals surface area contributed by atoms with Gasteiger partial charge in [-0.3, -0.25) is 0 Å². The van der Waals surface area contributed by atoms with E-state index in [2.05, 4.69) is 5.32 Å². The first-order valence-electron chi connectivity index (χ1n) is 8.38. The van der Waals surface area contributed by atoms with Crippen molar-refractivity contribution in [3.63, 3.8) is 0 Å². The van der Waals surface area contributed by atoms with Crippen LogP contribution in [-0.4, -0.2) is 37.7 Å². The van der Waals surface area contributed by atoms with Crippen molar-refractivity contribution < 1.29 is 13.2 Å². The van der Waals surface area contributed by atoms with Crippen molar-refractivity contribution in [2.45, 2.75) is 30.7 Å². The van der Waals surface area contributed by atoms with E-state index in [4.69, 9.17) is 0 Å². The van der Waals surface area contributed by atoms with Gasteiger partial charge in [-0.25, -0.2) is 13.2 Å². The number of nitrogens with one attached hydrogen (secondary N) is 1. The first-order chi connectivity index (χ1) is 12.0. The van der Waals surface area contributed by atoms with Gasteiger partial charge in [0, 0.05) is 18.3 Å². The van der Waals surface area contributed by atoms with Gasteiger partial charge in [0.05, 0.1) is 10.6 Å². The second-order valence-corrected chi connectivity index (χ2v) is 8.36. The zero-order chi connectivity index (χ0) is 17.9. The average molecular weight is 358 g/mol. The van der Waals surface area contributed by atoms with Gasteiger partial charge in [-0.1, -0.05) is 36.4 Å². The molecule has 0 spiro atoms. The van der Waals surface area contributed by atoms with Gasteiger partial charge >= 0.3 is 6.03 Å². The molecule has 0 aromatic heterocycles. The van der Waals surface area contributed by atoms with Gasteiger partial charge in [0.2, 0.25) is 0 Å². The molecule has 2 aromatic rings. The second kappa shape index (κ2) is 7.27. The summed E-state index contributed by atoms with van der Waals surface area (Å²) in [6, 6.07) is 15.4. The van der Waals surface area contributed by atoms with E-state index in [1.165, 1.54) is 0 Å². The lowest BCUT2D eigenvalue weighted by atomic mass is 10.2. The number of sulfone groups is 1. The summed E-state index contributed by atoms with van der Waals surface area (Å²) in [5.41, 5.74) is 1.73. The predicted molar refractivity (Wildman–Crippen MR) is 98.4 cm³/mol. The SMILES string of the molecule is Cc1ccccc1NC(=O)N1CCCC1CS(=O)(=O)c1ccccc1. The van der Waals surface area contributed by atoms with Crippen molar-refractivity contribution in [1.82, 2.24) is 4.90 Å². The Morgan fingerprint density at radius 2 is 1.80 bits per heavy atom. The van der Waals surface area contributed by atoms with Crippen molar-refractivity contribution in [2.75, 3.05) is 17.6 Å². The number of urea groups is 1. The summed E-state index contributed by atoms with van der Waals surface area (Å²) in [6.07, 6.45) is 1.52. The van der Waals surface area contributed by atoms with Crippen molar-refractivity contribution in [3.8, 4) is 0 Å². The summed E-state index contributed by atoms with van der Waals surface area (Å²) < 4.78 is 25.2. The van der Waals surface area contributed by atoms with E-state index in [1.807, 2.05) is 31.2 Å². The number of hydrogen-bond donors (Lipinski definition) is 1. The number of carbonyl (C=O) groups is 1. The van der Waals surface area contributed by atoms with Gasteiger partial charge in [-0.15, -0.1) is 0 Å². The Hall–Kier alpha value is -2.34. The summed E-state index contributed by atoms with van der Waals surface area (Å²) in [5, 5.41) is 2.90. The maximum absolute atomic E-state index is 12.6. The van der Waals surface area contributed by atoms with E-state index in [0.717, 1.165) is 17.7 Å². The topological polar surface area (TPSA) is 66.5 Å². The number of carbonyl (C=O) groups excluding carboxylic acids is 1. The van der Waals surface area contributed by atoms with Gasteiger partial charge in [-0.05, 0) is 43.5 Å². The number of likely N-dealkylation sites (tertiary alicyclic amines) is 1. The zero-order valence-electron chi connectivity index (χ0n) is 14.2. The van der Waals surface area contributed by atoms with Crippen LogP contribution < -0.4 is 5.32 Å². The molecule has 1 aliphatic heterocycles. The molecule has 1 atom stereocenters. The average Bonchev–Trinajstić information content (AvgIpc) is 3.05. The molecular weight excluding hydrogens is 336 g/mol. The molecule has 1 saturated heterocycles. The predicted octanol–water partition coefficient (Wildman–Crippen LogP) is 3.47. The number of nitrogens with zero attached hydrogens (tertiary/aromatic N) is 1. The van der Waals surface area contributed by atoms with Crippen molar-refractivity contribution in [2.24, 2.45) is 0 Å². The van der Waals surface area contributed by atoms with E-state index in [-0.39, 0.29) is 17.8 Å². The Labute approximate surface area is 148 Å². The third kappa shape index (κ3) is 4.02. The molecule has 0 saturated carbocycles. The van der Waals surface area contributed by atoms with Crippen LogP contribution >= 0.6 is 0 Å². The fourth-order valence-corrected chi connectivity index (χ4v) is 4.77. The van der Waals surface area contributed by atoms with Crippen molar-refractivity contribution in [1.29, 1.82) is 0 Å². The molecular formula is C19H22N2O3S. The molecule has 1 fully saturated rings. The van der Waals surface area contributed by atoms with Crippen LogP contribution in [-0.2, 0) is 9.84 Å². The van der Waals surface area contributed by atoms with Crippen LogP contribution in [0, 0.1) is 6.92 Å². The molecule has 1 heterocycles. The van der Waals surface area contributed by atoms with Crippen LogP contribution in [0.3, 0.4) is 0 Å². The van der Waals surface area contributed by atoms with Gasteiger partial charge in [0.15, 0.2) is 9.84 Å². The summed E-state index contributed by atoms with van der Waals surface area (Å²) in [6.45, 7) is 2.50. The van der Waals surface area contributed by atoms with E-state index in [0.29, 0.717) is 17.9 Å². The number of amides is 2. The smallest absolute Gasteiger partial charge is 0.321 e. The molecule has 0 aliphatic carbocycles. The number of rotatable bonds is 4. The lowest BCUT2D eigenvalue weighted by Crippen LogP contribution is -2.42. The molecule has 25 heavy (non-hydrogen) atoms. The number of benzene rings is 2. The molecule has 2 aromatic carbocycles. The molecule has 1 unspecified atom stereocenters. The van der Waals surface area contributed by atoms with Crippen molar-refractivity contribution in [3.05, 3.63) is 60.2 Å². The normalized spacial score (nSPS) is 17.5. The molecule has 1 N–H and O–H groups in total. The highest BCUT2D eigenvalue weighted by Gasteiger charge is 2.33. The Morgan fingerprint density at radius 1 is 1.12 bits per heavy atom. The van der Waals surface area contributed by atoms with Crippen LogP contribution in [0.25, 0.3) is 0 Å². The molecule has 2 amide bonds. The number of hydrogen-bond acceptors (Lipinski definition) is 3. The van der Waals surface area contributed by atoms with Gasteiger partial charge in [-0.2, -0.15) is 0 Å². The first-order valence-corrected chi connectivity index (χ1v) is 10.0. The van der Waals surface area contributed by atoms with E-state index < -0.39 is 9.84 Å². The Balaban J connectivity index is 1.72. The summed E-state index contributed by atoms with van der Waals surface area (Å²) in [5.74, 6) is -0.0434. The third-order valence-corrected chi connectivity index (χ3v) is 6.35. The molecule has 0 radical (unpaired) electrons. The third-order valence-electron chi connectivity index (χ3n) is 4.54. The fraction of sp³-hybridized carbons (Fsp3) is 0.316. The number of aryl methyl sites for hydroxylation is 1. The molecule has 0 bridgehead atoms. The lowest BCUT2D eigenvalue weighted by Gasteiger charge is -2.25. The second-order valence-electron chi connectivity index (χ2n) is 6.33. The minimum absolute atomic E-state index is 0.0434. The number of anilines is 1. The molecule has 132 valence electrons. The maximum Gasteiger partial charge on any atom is 0.322 e. The van der Waals surface area contributed by atoms with E-state index in [1.54, 1.807) is 35.2 Å². The lowest BCUT2D eigenvalue weighted by molar-refractivity contribution is 0.210. The molecule has 1 aliphatic rings. The van der Waals surface area contributed by atoms with E-state index in [9.17, 15) is 13.2 Å². The zero-order valence-corrected chi connectivity index (χ0v) is 15.0. The van der Waals surface area contributed by atoms with E-state index >= 15 is 0 Å². The minimum atomic E-state index is -3.41. The van der Waals surface area contributed by atoms with Gasteiger partial charge < -0.3 is 10.2 Å². The Bertz CT molecular complexity index is 850. The summed E-state index contributed by atoms with van der Waals surface area (Å²) >= 11 is 0. The minimum Gasteiger partial charge on any atom is -0.321 e. The monoisotopic (exact) mass is 358 g/mol. The van der Waals surface area contributed by atoms with Crippen LogP contribution in [0.5, 0.6) is 0 Å². The number of para-hydroxylation sites is 1. The maximum atomic E-state index is 12.6. The van der Waals surface area contributed by atoms with Gasteiger partial charge in [0.25, 0.3) is 0 Å². The highest BCUT2D eigenvalue weighted by Crippen LogP contribution is 2.23. The van der Waals surface area contributed by atoms with Crippen LogP contribution in [0.15, 0.2) is 59.5 Å². The quantitative estimate of drug-likeness (QED) is 0.910. The van der Waals surface area contributed by atoms with Crippen LogP contribution in [0.1, 0.15) is 18.4 Å².